The van der Waals surface area contributed by atoms with Gasteiger partial charge >= 0.3 is 6.18 Å². The van der Waals surface area contributed by atoms with E-state index in [1.165, 1.54) is 0 Å². The average Bonchev–Trinajstić information content (AvgIpc) is 2.37. The summed E-state index contributed by atoms with van der Waals surface area (Å²) < 4.78 is 37.0. The minimum absolute atomic E-state index is 0.230. The summed E-state index contributed by atoms with van der Waals surface area (Å²) in [5.41, 5.74) is -0.831. The molecule has 19 heavy (non-hydrogen) atoms. The highest BCUT2D eigenvalue weighted by molar-refractivity contribution is 5.25. The highest BCUT2D eigenvalue weighted by Gasteiger charge is 2.31. The van der Waals surface area contributed by atoms with Crippen LogP contribution in [-0.4, -0.2) is 29.1 Å². The van der Waals surface area contributed by atoms with Crippen LogP contribution in [0.1, 0.15) is 25.3 Å². The molecule has 7 heteroatoms. The number of rotatable bonds is 3. The van der Waals surface area contributed by atoms with Crippen molar-refractivity contribution in [3.8, 4) is 0 Å². The summed E-state index contributed by atoms with van der Waals surface area (Å²) in [6.45, 7) is 3.79. The largest absolute Gasteiger partial charge is 0.419 e. The smallest absolute Gasteiger partial charge is 0.353 e. The molecule has 0 saturated carbocycles. The number of hydrogen-bond acceptors (Lipinski definition) is 4. The van der Waals surface area contributed by atoms with E-state index in [0.717, 1.165) is 31.8 Å². The van der Waals surface area contributed by atoms with Crippen LogP contribution in [0.15, 0.2) is 12.4 Å². The SMILES string of the molecule is CC1CCC(CNc2ncc(C(F)(F)F)cn2)NC1. The third-order valence-corrected chi connectivity index (χ3v) is 3.25. The van der Waals surface area contributed by atoms with Crippen molar-refractivity contribution >= 4 is 5.95 Å². The second kappa shape index (κ2) is 5.73. The van der Waals surface area contributed by atoms with Crippen LogP contribution < -0.4 is 10.6 Å². The summed E-state index contributed by atoms with van der Waals surface area (Å²) in [5.74, 6) is 0.909. The fourth-order valence-corrected chi connectivity index (χ4v) is 2.01. The van der Waals surface area contributed by atoms with Crippen LogP contribution in [0.2, 0.25) is 0 Å². The van der Waals surface area contributed by atoms with E-state index in [2.05, 4.69) is 27.5 Å². The Labute approximate surface area is 109 Å². The minimum atomic E-state index is -4.39. The fourth-order valence-electron chi connectivity index (χ4n) is 2.01. The number of piperidine rings is 1. The zero-order chi connectivity index (χ0) is 13.9. The second-order valence-corrected chi connectivity index (χ2v) is 4.96. The van der Waals surface area contributed by atoms with Gasteiger partial charge in [-0.05, 0) is 25.3 Å². The van der Waals surface area contributed by atoms with E-state index in [1.807, 2.05) is 0 Å². The average molecular weight is 274 g/mol. The van der Waals surface area contributed by atoms with Crippen molar-refractivity contribution in [1.29, 1.82) is 0 Å². The van der Waals surface area contributed by atoms with Crippen molar-refractivity contribution in [2.75, 3.05) is 18.4 Å². The molecule has 1 aromatic rings. The molecule has 1 aromatic heterocycles. The van der Waals surface area contributed by atoms with Crippen molar-refractivity contribution in [3.05, 3.63) is 18.0 Å². The van der Waals surface area contributed by atoms with Crippen molar-refractivity contribution in [3.63, 3.8) is 0 Å². The highest BCUT2D eigenvalue weighted by atomic mass is 19.4. The Hall–Kier alpha value is -1.37. The summed E-state index contributed by atoms with van der Waals surface area (Å²) in [5, 5.41) is 6.33. The van der Waals surface area contributed by atoms with Gasteiger partial charge < -0.3 is 10.6 Å². The molecule has 2 N–H and O–H groups in total. The lowest BCUT2D eigenvalue weighted by Gasteiger charge is -2.27. The van der Waals surface area contributed by atoms with E-state index in [9.17, 15) is 13.2 Å². The van der Waals surface area contributed by atoms with Gasteiger partial charge in [-0.1, -0.05) is 6.92 Å². The third kappa shape index (κ3) is 4.05. The van der Waals surface area contributed by atoms with Gasteiger partial charge in [0, 0.05) is 25.0 Å². The van der Waals surface area contributed by atoms with E-state index < -0.39 is 11.7 Å². The molecule has 2 atom stereocenters. The number of nitrogens with one attached hydrogen (secondary N) is 2. The molecule has 1 aliphatic heterocycles. The van der Waals surface area contributed by atoms with Gasteiger partial charge in [0.25, 0.3) is 0 Å². The zero-order valence-electron chi connectivity index (χ0n) is 10.7. The van der Waals surface area contributed by atoms with Gasteiger partial charge in [0.2, 0.25) is 5.95 Å². The van der Waals surface area contributed by atoms with Crippen molar-refractivity contribution in [2.24, 2.45) is 5.92 Å². The Morgan fingerprint density at radius 1 is 1.32 bits per heavy atom. The molecule has 1 fully saturated rings. The van der Waals surface area contributed by atoms with Gasteiger partial charge in [0.05, 0.1) is 5.56 Å². The van der Waals surface area contributed by atoms with Crippen molar-refractivity contribution in [2.45, 2.75) is 32.0 Å². The molecule has 0 aliphatic carbocycles. The number of hydrogen-bond donors (Lipinski definition) is 2. The standard InChI is InChI=1S/C12H17F3N4/c1-8-2-3-10(16-4-8)7-19-11-17-5-9(6-18-11)12(13,14)15/h5-6,8,10,16H,2-4,7H2,1H3,(H,17,18,19). The molecule has 0 radical (unpaired) electrons. The summed E-state index contributed by atoms with van der Waals surface area (Å²) in [6.07, 6.45) is -0.584. The van der Waals surface area contributed by atoms with Crippen molar-refractivity contribution in [1.82, 2.24) is 15.3 Å². The van der Waals surface area contributed by atoms with Crippen molar-refractivity contribution < 1.29 is 13.2 Å². The molecule has 4 nitrogen and oxygen atoms in total. The van der Waals surface area contributed by atoms with Crippen LogP contribution in [-0.2, 0) is 6.18 Å². The molecular weight excluding hydrogens is 257 g/mol. The Morgan fingerprint density at radius 2 is 2.00 bits per heavy atom. The molecule has 1 saturated heterocycles. The van der Waals surface area contributed by atoms with Crippen LogP contribution in [0.25, 0.3) is 0 Å². The normalized spacial score (nSPS) is 24.2. The number of halogens is 3. The number of aromatic nitrogens is 2. The lowest BCUT2D eigenvalue weighted by molar-refractivity contribution is -0.138. The summed E-state index contributed by atoms with van der Waals surface area (Å²) >= 11 is 0. The molecule has 2 rings (SSSR count). The first-order valence-electron chi connectivity index (χ1n) is 6.31. The molecule has 2 unspecified atom stereocenters. The van der Waals surface area contributed by atoms with E-state index in [1.54, 1.807) is 0 Å². The van der Waals surface area contributed by atoms with Gasteiger partial charge in [-0.3, -0.25) is 0 Å². The molecule has 0 bridgehead atoms. The van der Waals surface area contributed by atoms with Gasteiger partial charge in [-0.2, -0.15) is 13.2 Å². The summed E-state index contributed by atoms with van der Waals surface area (Å²) in [7, 11) is 0. The zero-order valence-corrected chi connectivity index (χ0v) is 10.7. The Kier molecular flexibility index (Phi) is 4.24. The summed E-state index contributed by atoms with van der Waals surface area (Å²) in [4.78, 5) is 7.35. The lowest BCUT2D eigenvalue weighted by Crippen LogP contribution is -2.42. The predicted octanol–water partition coefficient (Wildman–Crippen LogP) is 2.30. The number of alkyl halides is 3. The molecule has 0 amide bonds. The summed E-state index contributed by atoms with van der Waals surface area (Å²) in [6, 6.07) is 0.321. The van der Waals surface area contributed by atoms with Crippen LogP contribution in [0, 0.1) is 5.92 Å². The predicted molar refractivity (Wildman–Crippen MR) is 65.7 cm³/mol. The molecule has 0 spiro atoms. The van der Waals surface area contributed by atoms with Crippen LogP contribution in [0.3, 0.4) is 0 Å². The Balaban J connectivity index is 1.83. The van der Waals surface area contributed by atoms with Gasteiger partial charge in [-0.25, -0.2) is 9.97 Å². The van der Waals surface area contributed by atoms with Gasteiger partial charge in [0.15, 0.2) is 0 Å². The van der Waals surface area contributed by atoms with Crippen LogP contribution in [0.5, 0.6) is 0 Å². The van der Waals surface area contributed by atoms with E-state index in [-0.39, 0.29) is 5.95 Å². The lowest BCUT2D eigenvalue weighted by atomic mass is 9.96. The second-order valence-electron chi connectivity index (χ2n) is 4.96. The van der Waals surface area contributed by atoms with E-state index in [4.69, 9.17) is 0 Å². The molecule has 106 valence electrons. The Bertz CT molecular complexity index is 396. The minimum Gasteiger partial charge on any atom is -0.353 e. The third-order valence-electron chi connectivity index (χ3n) is 3.25. The first-order chi connectivity index (χ1) is 8.95. The quantitative estimate of drug-likeness (QED) is 0.888. The molecule has 0 aromatic carbocycles. The molecular formula is C12H17F3N4. The maximum absolute atomic E-state index is 12.3. The highest BCUT2D eigenvalue weighted by Crippen LogP contribution is 2.28. The monoisotopic (exact) mass is 274 g/mol. The number of anilines is 1. The maximum Gasteiger partial charge on any atom is 0.419 e. The van der Waals surface area contributed by atoms with E-state index in [0.29, 0.717) is 18.5 Å². The topological polar surface area (TPSA) is 49.8 Å². The van der Waals surface area contributed by atoms with Crippen LogP contribution >= 0.6 is 0 Å². The Morgan fingerprint density at radius 3 is 2.53 bits per heavy atom. The molecule has 1 aliphatic rings. The fraction of sp³-hybridized carbons (Fsp3) is 0.667. The van der Waals surface area contributed by atoms with Gasteiger partial charge in [0.1, 0.15) is 0 Å². The first kappa shape index (κ1) is 14.0. The van der Waals surface area contributed by atoms with Gasteiger partial charge in [-0.15, -0.1) is 0 Å². The molecule has 2 heterocycles. The van der Waals surface area contributed by atoms with Crippen LogP contribution in [0.4, 0.5) is 19.1 Å². The van der Waals surface area contributed by atoms with E-state index >= 15 is 0 Å². The number of nitrogens with zero attached hydrogens (tertiary/aromatic N) is 2. The first-order valence-corrected chi connectivity index (χ1v) is 6.31. The maximum atomic E-state index is 12.3.